The molecule has 0 fully saturated rings. The van der Waals surface area contributed by atoms with Crippen LogP contribution in [0.25, 0.3) is 0 Å². The number of ether oxygens (including phenoxy) is 1. The monoisotopic (exact) mass is 427 g/mol. The summed E-state index contributed by atoms with van der Waals surface area (Å²) in [4.78, 5) is 12.1. The normalized spacial score (nSPS) is 10.4. The van der Waals surface area contributed by atoms with Crippen molar-refractivity contribution in [3.8, 4) is 5.75 Å². The lowest BCUT2D eigenvalue weighted by molar-refractivity contribution is -0.120. The van der Waals surface area contributed by atoms with Crippen molar-refractivity contribution in [3.05, 3.63) is 99.8 Å². The molecule has 0 saturated carbocycles. The summed E-state index contributed by atoms with van der Waals surface area (Å²) >= 11 is 3.40. The number of carbonyl (C=O) groups is 1. The van der Waals surface area contributed by atoms with E-state index < -0.39 is 0 Å². The van der Waals surface area contributed by atoms with Gasteiger partial charge in [0.2, 0.25) is 5.91 Å². The second-order valence-electron chi connectivity index (χ2n) is 6.14. The number of hydrogen-bond donors (Lipinski definition) is 1. The van der Waals surface area contributed by atoms with Crippen LogP contribution >= 0.6 is 15.9 Å². The second kappa shape index (κ2) is 9.33. The number of carbonyl (C=O) groups excluding carboxylic acids is 1. The van der Waals surface area contributed by atoms with Crippen molar-refractivity contribution >= 4 is 21.8 Å². The van der Waals surface area contributed by atoms with E-state index in [0.717, 1.165) is 26.9 Å². The van der Waals surface area contributed by atoms with Crippen LogP contribution in [0, 0.1) is 5.82 Å². The SMILES string of the molecule is O=C(Cc1cccc(Br)c1)NCc1ccc(OCc2ccc(F)cc2)cc1. The van der Waals surface area contributed by atoms with Crippen LogP contribution in [-0.2, 0) is 24.4 Å². The van der Waals surface area contributed by atoms with Gasteiger partial charge in [0, 0.05) is 11.0 Å². The number of nitrogens with one attached hydrogen (secondary N) is 1. The van der Waals surface area contributed by atoms with Gasteiger partial charge in [-0.2, -0.15) is 0 Å². The Morgan fingerprint density at radius 3 is 2.33 bits per heavy atom. The van der Waals surface area contributed by atoms with E-state index in [0.29, 0.717) is 19.6 Å². The summed E-state index contributed by atoms with van der Waals surface area (Å²) < 4.78 is 19.5. The Labute approximate surface area is 166 Å². The van der Waals surface area contributed by atoms with Gasteiger partial charge >= 0.3 is 0 Å². The fourth-order valence-electron chi connectivity index (χ4n) is 2.55. The molecule has 1 amide bonds. The van der Waals surface area contributed by atoms with Gasteiger partial charge in [-0.15, -0.1) is 0 Å². The topological polar surface area (TPSA) is 38.3 Å². The predicted molar refractivity (Wildman–Crippen MR) is 107 cm³/mol. The third-order valence-corrected chi connectivity index (χ3v) is 4.48. The Morgan fingerprint density at radius 2 is 1.63 bits per heavy atom. The van der Waals surface area contributed by atoms with Crippen LogP contribution < -0.4 is 10.1 Å². The minimum absolute atomic E-state index is 0.0234. The molecule has 27 heavy (non-hydrogen) atoms. The lowest BCUT2D eigenvalue weighted by atomic mass is 10.1. The quantitative estimate of drug-likeness (QED) is 0.574. The molecule has 3 rings (SSSR count). The van der Waals surface area contributed by atoms with E-state index in [9.17, 15) is 9.18 Å². The summed E-state index contributed by atoms with van der Waals surface area (Å²) in [5.74, 6) is 0.443. The van der Waals surface area contributed by atoms with Crippen molar-refractivity contribution in [3.63, 3.8) is 0 Å². The number of rotatable bonds is 7. The third-order valence-electron chi connectivity index (χ3n) is 3.99. The van der Waals surface area contributed by atoms with E-state index in [2.05, 4.69) is 21.2 Å². The van der Waals surface area contributed by atoms with Crippen LogP contribution in [0.3, 0.4) is 0 Å². The molecule has 0 aromatic heterocycles. The summed E-state index contributed by atoms with van der Waals surface area (Å²) in [6.07, 6.45) is 0.346. The highest BCUT2D eigenvalue weighted by Gasteiger charge is 2.04. The highest BCUT2D eigenvalue weighted by Crippen LogP contribution is 2.15. The van der Waals surface area contributed by atoms with E-state index in [1.165, 1.54) is 12.1 Å². The van der Waals surface area contributed by atoms with Crippen molar-refractivity contribution in [2.24, 2.45) is 0 Å². The second-order valence-corrected chi connectivity index (χ2v) is 7.06. The Hall–Kier alpha value is -2.66. The maximum atomic E-state index is 12.9. The molecule has 0 heterocycles. The lowest BCUT2D eigenvalue weighted by Gasteiger charge is -2.09. The number of halogens is 2. The summed E-state index contributed by atoms with van der Waals surface area (Å²) in [6, 6.07) is 21.5. The Bertz CT molecular complexity index is 895. The van der Waals surface area contributed by atoms with Gasteiger partial charge in [-0.05, 0) is 53.1 Å². The van der Waals surface area contributed by atoms with E-state index in [4.69, 9.17) is 4.74 Å². The molecule has 3 nitrogen and oxygen atoms in total. The number of hydrogen-bond acceptors (Lipinski definition) is 2. The fraction of sp³-hybridized carbons (Fsp3) is 0.136. The Kier molecular flexibility index (Phi) is 6.60. The average molecular weight is 428 g/mol. The average Bonchev–Trinajstić information content (AvgIpc) is 2.67. The largest absolute Gasteiger partial charge is 0.489 e. The fourth-order valence-corrected chi connectivity index (χ4v) is 2.99. The van der Waals surface area contributed by atoms with Gasteiger partial charge in [0.1, 0.15) is 18.2 Å². The molecule has 0 saturated heterocycles. The molecule has 0 spiro atoms. The highest BCUT2D eigenvalue weighted by molar-refractivity contribution is 9.10. The number of benzene rings is 3. The molecule has 0 bridgehead atoms. The van der Waals surface area contributed by atoms with Crippen molar-refractivity contribution in [2.75, 3.05) is 0 Å². The maximum Gasteiger partial charge on any atom is 0.224 e. The molecule has 1 N–H and O–H groups in total. The molecule has 0 aliphatic rings. The molecule has 0 aliphatic carbocycles. The van der Waals surface area contributed by atoms with Gasteiger partial charge in [0.15, 0.2) is 0 Å². The summed E-state index contributed by atoms with van der Waals surface area (Å²) in [5.41, 5.74) is 2.86. The van der Waals surface area contributed by atoms with Gasteiger partial charge in [-0.25, -0.2) is 4.39 Å². The van der Waals surface area contributed by atoms with Crippen LogP contribution in [-0.4, -0.2) is 5.91 Å². The number of amides is 1. The minimum atomic E-state index is -0.259. The highest BCUT2D eigenvalue weighted by atomic mass is 79.9. The predicted octanol–water partition coefficient (Wildman–Crippen LogP) is 5.03. The van der Waals surface area contributed by atoms with Crippen molar-refractivity contribution < 1.29 is 13.9 Å². The maximum absolute atomic E-state index is 12.9. The van der Waals surface area contributed by atoms with Crippen LogP contribution in [0.2, 0.25) is 0 Å². The third kappa shape index (κ3) is 6.22. The molecular weight excluding hydrogens is 409 g/mol. The van der Waals surface area contributed by atoms with E-state index in [1.807, 2.05) is 48.5 Å². The zero-order valence-corrected chi connectivity index (χ0v) is 16.2. The molecular formula is C22H19BrFNO2. The first-order valence-electron chi connectivity index (χ1n) is 8.56. The Morgan fingerprint density at radius 1 is 0.926 bits per heavy atom. The smallest absolute Gasteiger partial charge is 0.224 e. The van der Waals surface area contributed by atoms with Crippen molar-refractivity contribution in [1.82, 2.24) is 5.32 Å². The first kappa shape index (κ1) is 19.1. The first-order chi connectivity index (χ1) is 13.1. The molecule has 5 heteroatoms. The van der Waals surface area contributed by atoms with Gasteiger partial charge in [-0.3, -0.25) is 4.79 Å². The van der Waals surface area contributed by atoms with E-state index >= 15 is 0 Å². The van der Waals surface area contributed by atoms with E-state index in [1.54, 1.807) is 12.1 Å². The van der Waals surface area contributed by atoms with Crippen molar-refractivity contribution in [1.29, 1.82) is 0 Å². The molecule has 0 aliphatic heterocycles. The van der Waals surface area contributed by atoms with Crippen LogP contribution in [0.1, 0.15) is 16.7 Å². The zero-order valence-electron chi connectivity index (χ0n) is 14.6. The van der Waals surface area contributed by atoms with Crippen LogP contribution in [0.15, 0.2) is 77.3 Å². The lowest BCUT2D eigenvalue weighted by Crippen LogP contribution is -2.24. The molecule has 138 valence electrons. The van der Waals surface area contributed by atoms with Crippen LogP contribution in [0.4, 0.5) is 4.39 Å². The Balaban J connectivity index is 1.45. The van der Waals surface area contributed by atoms with Gasteiger partial charge in [0.25, 0.3) is 0 Å². The summed E-state index contributed by atoms with van der Waals surface area (Å²) in [5, 5.41) is 2.92. The van der Waals surface area contributed by atoms with E-state index in [-0.39, 0.29) is 11.7 Å². The van der Waals surface area contributed by atoms with Crippen LogP contribution in [0.5, 0.6) is 5.75 Å². The van der Waals surface area contributed by atoms with Gasteiger partial charge in [0.05, 0.1) is 6.42 Å². The minimum Gasteiger partial charge on any atom is -0.489 e. The van der Waals surface area contributed by atoms with Gasteiger partial charge < -0.3 is 10.1 Å². The molecule has 3 aromatic rings. The molecule has 0 radical (unpaired) electrons. The standard InChI is InChI=1S/C22H19BrFNO2/c23-19-3-1-2-18(12-19)13-22(26)25-14-16-6-10-21(11-7-16)27-15-17-4-8-20(24)9-5-17/h1-12H,13-15H2,(H,25,26). The summed E-state index contributed by atoms with van der Waals surface area (Å²) in [6.45, 7) is 0.841. The molecule has 3 aromatic carbocycles. The first-order valence-corrected chi connectivity index (χ1v) is 9.35. The summed E-state index contributed by atoms with van der Waals surface area (Å²) in [7, 11) is 0. The molecule has 0 unspecified atom stereocenters. The van der Waals surface area contributed by atoms with Gasteiger partial charge in [-0.1, -0.05) is 52.3 Å². The zero-order chi connectivity index (χ0) is 19.1. The van der Waals surface area contributed by atoms with Crippen molar-refractivity contribution in [2.45, 2.75) is 19.6 Å². The molecule has 0 atom stereocenters.